The first-order valence-electron chi connectivity index (χ1n) is 10.4. The largest absolute Gasteiger partial charge is 0.357 e. The number of hydrogen-bond donors (Lipinski definition) is 2. The normalized spacial score (nSPS) is 12.2. The van der Waals surface area contributed by atoms with E-state index in [0.717, 1.165) is 60.1 Å². The predicted octanol–water partition coefficient (Wildman–Crippen LogP) is 3.92. The zero-order valence-electron chi connectivity index (χ0n) is 18.5. The molecule has 0 aliphatic heterocycles. The second-order valence-electron chi connectivity index (χ2n) is 7.65. The second kappa shape index (κ2) is 12.2. The molecule has 0 aliphatic carbocycles. The Bertz CT molecular complexity index is 765. The molecule has 162 valence electrons. The van der Waals surface area contributed by atoms with E-state index in [4.69, 9.17) is 0 Å². The molecule has 9 heteroatoms. The van der Waals surface area contributed by atoms with E-state index in [1.54, 1.807) is 23.1 Å². The maximum absolute atomic E-state index is 4.68. The van der Waals surface area contributed by atoms with Crippen molar-refractivity contribution in [2.45, 2.75) is 71.6 Å². The van der Waals surface area contributed by atoms with Gasteiger partial charge in [0.05, 0.1) is 12.2 Å². The molecule has 2 aromatic heterocycles. The predicted molar refractivity (Wildman–Crippen MR) is 124 cm³/mol. The summed E-state index contributed by atoms with van der Waals surface area (Å²) in [6.07, 6.45) is 3.93. The zero-order chi connectivity index (χ0) is 21.2. The van der Waals surface area contributed by atoms with Crippen LogP contribution < -0.4 is 10.6 Å². The molecular weight excluding hydrogens is 402 g/mol. The Morgan fingerprint density at radius 2 is 2.03 bits per heavy atom. The average molecular weight is 438 g/mol. The van der Waals surface area contributed by atoms with Gasteiger partial charge in [0.15, 0.2) is 11.1 Å². The Morgan fingerprint density at radius 3 is 2.66 bits per heavy atom. The number of guanidine groups is 1. The molecule has 2 heterocycles. The monoisotopic (exact) mass is 437 g/mol. The van der Waals surface area contributed by atoms with Crippen LogP contribution in [0.1, 0.15) is 63.5 Å². The number of nitrogens with one attached hydrogen (secondary N) is 2. The number of thiazole rings is 1. The third-order valence-electron chi connectivity index (χ3n) is 4.27. The summed E-state index contributed by atoms with van der Waals surface area (Å²) in [5.74, 6) is 2.93. The topological polar surface area (TPSA) is 80.0 Å². The Hall–Kier alpha value is -1.61. The molecule has 2 aromatic rings. The molecule has 7 nitrogen and oxygen atoms in total. The van der Waals surface area contributed by atoms with Gasteiger partial charge in [0.25, 0.3) is 0 Å². The third kappa shape index (κ3) is 7.62. The highest BCUT2D eigenvalue weighted by molar-refractivity contribution is 7.98. The van der Waals surface area contributed by atoms with Crippen molar-refractivity contribution in [1.82, 2.24) is 30.4 Å². The Kier molecular flexibility index (Phi) is 9.93. The van der Waals surface area contributed by atoms with Gasteiger partial charge < -0.3 is 15.2 Å². The standard InChI is InChI=1S/C20H35N7S2/c1-7-21-19(23-11-18-24-16(13-29-18)15(4)5)22-10-8-9-17-25-26-20(28-6)27(17)12-14(2)3/h13-15H,7-12H2,1-6H3,(H2,21,22,23). The Balaban J connectivity index is 1.87. The zero-order valence-corrected chi connectivity index (χ0v) is 20.2. The summed E-state index contributed by atoms with van der Waals surface area (Å²) in [5.41, 5.74) is 1.15. The third-order valence-corrected chi connectivity index (χ3v) is 5.79. The van der Waals surface area contributed by atoms with Gasteiger partial charge in [-0.3, -0.25) is 0 Å². The van der Waals surface area contributed by atoms with Gasteiger partial charge in [0.2, 0.25) is 0 Å². The van der Waals surface area contributed by atoms with Gasteiger partial charge in [0.1, 0.15) is 10.8 Å². The van der Waals surface area contributed by atoms with Crippen molar-refractivity contribution >= 4 is 29.1 Å². The fraction of sp³-hybridized carbons (Fsp3) is 0.700. The van der Waals surface area contributed by atoms with E-state index in [2.05, 4.69) is 81.6 Å². The lowest BCUT2D eigenvalue weighted by molar-refractivity contribution is 0.477. The Morgan fingerprint density at radius 1 is 1.24 bits per heavy atom. The lowest BCUT2D eigenvalue weighted by atomic mass is 10.2. The first-order valence-corrected chi connectivity index (χ1v) is 12.5. The Labute approximate surface area is 183 Å². The number of aryl methyl sites for hydroxylation is 1. The molecule has 0 saturated carbocycles. The van der Waals surface area contributed by atoms with Crippen molar-refractivity contribution in [3.63, 3.8) is 0 Å². The summed E-state index contributed by atoms with van der Waals surface area (Å²) in [6.45, 7) is 14.1. The van der Waals surface area contributed by atoms with Crippen molar-refractivity contribution in [1.29, 1.82) is 0 Å². The summed E-state index contributed by atoms with van der Waals surface area (Å²) in [4.78, 5) is 9.34. The molecule has 0 aliphatic rings. The number of thioether (sulfide) groups is 1. The molecule has 0 spiro atoms. The van der Waals surface area contributed by atoms with Crippen molar-refractivity contribution in [2.75, 3.05) is 19.3 Å². The van der Waals surface area contributed by atoms with Crippen LogP contribution in [0, 0.1) is 5.92 Å². The van der Waals surface area contributed by atoms with Crippen molar-refractivity contribution in [2.24, 2.45) is 10.9 Å². The highest BCUT2D eigenvalue weighted by Gasteiger charge is 2.12. The van der Waals surface area contributed by atoms with Crippen LogP contribution in [-0.4, -0.2) is 45.1 Å². The lowest BCUT2D eigenvalue weighted by Gasteiger charge is -2.13. The van der Waals surface area contributed by atoms with E-state index in [1.807, 2.05) is 0 Å². The minimum atomic E-state index is 0.458. The van der Waals surface area contributed by atoms with Crippen molar-refractivity contribution in [3.05, 3.63) is 21.9 Å². The summed E-state index contributed by atoms with van der Waals surface area (Å²) >= 11 is 3.34. The molecule has 2 N–H and O–H groups in total. The quantitative estimate of drug-likeness (QED) is 0.240. The molecule has 29 heavy (non-hydrogen) atoms. The molecule has 2 rings (SSSR count). The number of rotatable bonds is 11. The second-order valence-corrected chi connectivity index (χ2v) is 9.37. The maximum Gasteiger partial charge on any atom is 0.191 e. The first kappa shape index (κ1) is 23.7. The van der Waals surface area contributed by atoms with Crippen LogP contribution in [0.4, 0.5) is 0 Å². The average Bonchev–Trinajstić information content (AvgIpc) is 3.30. The lowest BCUT2D eigenvalue weighted by Crippen LogP contribution is -2.37. The highest BCUT2D eigenvalue weighted by Crippen LogP contribution is 2.18. The van der Waals surface area contributed by atoms with Gasteiger partial charge >= 0.3 is 0 Å². The molecule has 0 unspecified atom stereocenters. The van der Waals surface area contributed by atoms with Gasteiger partial charge in [-0.15, -0.1) is 21.5 Å². The van der Waals surface area contributed by atoms with Gasteiger partial charge in [-0.25, -0.2) is 9.98 Å². The number of nitrogens with zero attached hydrogens (tertiary/aromatic N) is 5. The van der Waals surface area contributed by atoms with Crippen LogP contribution in [-0.2, 0) is 19.5 Å². The minimum absolute atomic E-state index is 0.458. The van der Waals surface area contributed by atoms with Crippen molar-refractivity contribution in [3.8, 4) is 0 Å². The molecular formula is C20H35N7S2. The summed E-state index contributed by atoms with van der Waals surface area (Å²) < 4.78 is 2.25. The number of aliphatic imine (C=N–C) groups is 1. The van der Waals surface area contributed by atoms with Crippen LogP contribution in [0.3, 0.4) is 0 Å². The smallest absolute Gasteiger partial charge is 0.191 e. The van der Waals surface area contributed by atoms with E-state index >= 15 is 0 Å². The molecule has 0 radical (unpaired) electrons. The first-order chi connectivity index (χ1) is 13.9. The van der Waals surface area contributed by atoms with Crippen LogP contribution in [0.25, 0.3) is 0 Å². The van der Waals surface area contributed by atoms with Gasteiger partial charge in [-0.1, -0.05) is 39.5 Å². The van der Waals surface area contributed by atoms with E-state index in [0.29, 0.717) is 18.4 Å². The summed E-state index contributed by atoms with van der Waals surface area (Å²) in [6, 6.07) is 0. The van der Waals surface area contributed by atoms with Gasteiger partial charge in [0, 0.05) is 31.4 Å². The van der Waals surface area contributed by atoms with Crippen LogP contribution in [0.5, 0.6) is 0 Å². The number of hydrogen-bond acceptors (Lipinski definition) is 6. The van der Waals surface area contributed by atoms with E-state index < -0.39 is 0 Å². The van der Waals surface area contributed by atoms with Gasteiger partial charge in [-0.05, 0) is 31.4 Å². The van der Waals surface area contributed by atoms with Crippen molar-refractivity contribution < 1.29 is 0 Å². The summed E-state index contributed by atoms with van der Waals surface area (Å²) in [5, 5.41) is 19.6. The molecule has 0 amide bonds. The van der Waals surface area contributed by atoms with Crippen LogP contribution >= 0.6 is 23.1 Å². The van der Waals surface area contributed by atoms with Crippen LogP contribution in [0.2, 0.25) is 0 Å². The minimum Gasteiger partial charge on any atom is -0.357 e. The van der Waals surface area contributed by atoms with Crippen LogP contribution in [0.15, 0.2) is 15.5 Å². The van der Waals surface area contributed by atoms with Gasteiger partial charge in [-0.2, -0.15) is 0 Å². The van der Waals surface area contributed by atoms with E-state index in [1.165, 1.54) is 0 Å². The fourth-order valence-corrected chi connectivity index (χ4v) is 4.21. The molecule has 0 aromatic carbocycles. The SMILES string of the molecule is CCNC(=NCc1nc(C(C)C)cs1)NCCCc1nnc(SC)n1CC(C)C. The molecule has 0 atom stereocenters. The number of aromatic nitrogens is 4. The molecule has 0 saturated heterocycles. The maximum atomic E-state index is 4.68. The van der Waals surface area contributed by atoms with E-state index in [-0.39, 0.29) is 0 Å². The molecule has 0 bridgehead atoms. The molecule has 0 fully saturated rings. The van der Waals surface area contributed by atoms with E-state index in [9.17, 15) is 0 Å². The highest BCUT2D eigenvalue weighted by atomic mass is 32.2. The fourth-order valence-electron chi connectivity index (χ4n) is 2.81. The summed E-state index contributed by atoms with van der Waals surface area (Å²) in [7, 11) is 0.